The van der Waals surface area contributed by atoms with Crippen LogP contribution in [-0.4, -0.2) is 6.10 Å². The Kier molecular flexibility index (Phi) is 4.36. The van der Waals surface area contributed by atoms with Crippen molar-refractivity contribution in [3.05, 3.63) is 34.1 Å². The Balaban J connectivity index is 1.88. The zero-order valence-corrected chi connectivity index (χ0v) is 10.8. The Morgan fingerprint density at radius 3 is 2.69 bits per heavy atom. The first-order valence-corrected chi connectivity index (χ1v) is 6.60. The van der Waals surface area contributed by atoms with E-state index in [9.17, 15) is 4.39 Å². The molecule has 0 aliphatic heterocycles. The second-order valence-electron chi connectivity index (χ2n) is 4.31. The fraction of sp³-hybridized carbons (Fsp3) is 0.538. The van der Waals surface area contributed by atoms with Gasteiger partial charge in [-0.15, -0.1) is 0 Å². The van der Waals surface area contributed by atoms with Crippen LogP contribution >= 0.6 is 15.9 Å². The molecule has 1 aliphatic rings. The molecule has 0 atom stereocenters. The van der Waals surface area contributed by atoms with Gasteiger partial charge in [-0.3, -0.25) is 0 Å². The molecule has 3 heteroatoms. The Morgan fingerprint density at radius 2 is 2.00 bits per heavy atom. The Morgan fingerprint density at radius 1 is 1.25 bits per heavy atom. The van der Waals surface area contributed by atoms with E-state index in [2.05, 4.69) is 15.9 Å². The van der Waals surface area contributed by atoms with E-state index in [1.807, 2.05) is 0 Å². The van der Waals surface area contributed by atoms with Crippen molar-refractivity contribution in [1.29, 1.82) is 0 Å². The normalized spacial score (nSPS) is 17.6. The fourth-order valence-corrected chi connectivity index (χ4v) is 2.54. The highest BCUT2D eigenvalue weighted by Gasteiger charge is 2.14. The molecule has 1 fully saturated rings. The first-order valence-electron chi connectivity index (χ1n) is 5.81. The van der Waals surface area contributed by atoms with E-state index in [0.717, 1.165) is 10.0 Å². The van der Waals surface area contributed by atoms with Gasteiger partial charge < -0.3 is 4.74 Å². The summed E-state index contributed by atoms with van der Waals surface area (Å²) in [6.07, 6.45) is 6.60. The Bertz CT molecular complexity index is 348. The minimum atomic E-state index is -0.215. The summed E-state index contributed by atoms with van der Waals surface area (Å²) in [7, 11) is 0. The number of halogens is 2. The number of hydrogen-bond acceptors (Lipinski definition) is 1. The summed E-state index contributed by atoms with van der Waals surface area (Å²) in [6, 6.07) is 4.74. The van der Waals surface area contributed by atoms with Crippen LogP contribution in [0.2, 0.25) is 0 Å². The van der Waals surface area contributed by atoms with Crippen molar-refractivity contribution in [2.24, 2.45) is 0 Å². The summed E-state index contributed by atoms with van der Waals surface area (Å²) in [5.41, 5.74) is 1.02. The lowest BCUT2D eigenvalue weighted by atomic mass is 9.98. The fourth-order valence-electron chi connectivity index (χ4n) is 2.08. The molecule has 2 rings (SSSR count). The van der Waals surface area contributed by atoms with Crippen LogP contribution in [0.15, 0.2) is 22.7 Å². The van der Waals surface area contributed by atoms with Gasteiger partial charge in [0.15, 0.2) is 0 Å². The highest BCUT2D eigenvalue weighted by atomic mass is 79.9. The summed E-state index contributed by atoms with van der Waals surface area (Å²) in [4.78, 5) is 0. The molecule has 1 saturated carbocycles. The molecule has 16 heavy (non-hydrogen) atoms. The molecule has 1 aliphatic carbocycles. The van der Waals surface area contributed by atoms with Gasteiger partial charge in [-0.25, -0.2) is 4.39 Å². The van der Waals surface area contributed by atoms with Crippen LogP contribution in [0, 0.1) is 5.82 Å². The van der Waals surface area contributed by atoms with Crippen molar-refractivity contribution < 1.29 is 9.13 Å². The van der Waals surface area contributed by atoms with Crippen LogP contribution in [0.3, 0.4) is 0 Å². The SMILES string of the molecule is Fc1ccc(COC2CCCCC2)c(Br)c1. The molecule has 0 aromatic heterocycles. The topological polar surface area (TPSA) is 9.23 Å². The van der Waals surface area contributed by atoms with Crippen molar-refractivity contribution >= 4 is 15.9 Å². The molecular formula is C13H16BrFO. The van der Waals surface area contributed by atoms with Crippen LogP contribution in [0.1, 0.15) is 37.7 Å². The van der Waals surface area contributed by atoms with Crippen LogP contribution < -0.4 is 0 Å². The molecule has 0 unspecified atom stereocenters. The third-order valence-electron chi connectivity index (χ3n) is 3.04. The lowest BCUT2D eigenvalue weighted by Gasteiger charge is -2.22. The van der Waals surface area contributed by atoms with Gasteiger partial charge in [-0.05, 0) is 30.5 Å². The predicted octanol–water partition coefficient (Wildman–Crippen LogP) is 4.44. The summed E-state index contributed by atoms with van der Waals surface area (Å²) in [5, 5.41) is 0. The smallest absolute Gasteiger partial charge is 0.124 e. The van der Waals surface area contributed by atoms with Crippen LogP contribution in [-0.2, 0) is 11.3 Å². The van der Waals surface area contributed by atoms with Gasteiger partial charge in [-0.1, -0.05) is 41.3 Å². The number of hydrogen-bond donors (Lipinski definition) is 0. The van der Waals surface area contributed by atoms with Crippen LogP contribution in [0.5, 0.6) is 0 Å². The zero-order chi connectivity index (χ0) is 11.4. The summed E-state index contributed by atoms with van der Waals surface area (Å²) >= 11 is 3.35. The van der Waals surface area contributed by atoms with Crippen LogP contribution in [0.4, 0.5) is 4.39 Å². The second kappa shape index (κ2) is 5.78. The molecule has 0 heterocycles. The summed E-state index contributed by atoms with van der Waals surface area (Å²) < 4.78 is 19.5. The van der Waals surface area contributed by atoms with E-state index in [4.69, 9.17) is 4.74 Å². The Labute approximate surface area is 104 Å². The highest BCUT2D eigenvalue weighted by molar-refractivity contribution is 9.10. The van der Waals surface area contributed by atoms with Gasteiger partial charge in [0.25, 0.3) is 0 Å². The zero-order valence-electron chi connectivity index (χ0n) is 9.22. The average Bonchev–Trinajstić information content (AvgIpc) is 2.29. The largest absolute Gasteiger partial charge is 0.374 e. The molecule has 0 saturated heterocycles. The standard InChI is InChI=1S/C13H16BrFO/c14-13-8-11(15)7-6-10(13)9-16-12-4-2-1-3-5-12/h6-8,12H,1-5,9H2. The van der Waals surface area contributed by atoms with E-state index in [1.54, 1.807) is 6.07 Å². The van der Waals surface area contributed by atoms with Crippen molar-refractivity contribution in [2.75, 3.05) is 0 Å². The third kappa shape index (κ3) is 3.29. The van der Waals surface area contributed by atoms with Crippen molar-refractivity contribution in [3.8, 4) is 0 Å². The quantitative estimate of drug-likeness (QED) is 0.798. The molecule has 0 spiro atoms. The van der Waals surface area contributed by atoms with Gasteiger partial charge in [0.2, 0.25) is 0 Å². The maximum atomic E-state index is 12.9. The first-order chi connectivity index (χ1) is 7.75. The molecule has 88 valence electrons. The predicted molar refractivity (Wildman–Crippen MR) is 65.8 cm³/mol. The van der Waals surface area contributed by atoms with Crippen molar-refractivity contribution in [2.45, 2.75) is 44.8 Å². The van der Waals surface area contributed by atoms with Crippen LogP contribution in [0.25, 0.3) is 0 Å². The monoisotopic (exact) mass is 286 g/mol. The van der Waals surface area contributed by atoms with Gasteiger partial charge in [0, 0.05) is 4.47 Å². The van der Waals surface area contributed by atoms with Gasteiger partial charge >= 0.3 is 0 Å². The van der Waals surface area contributed by atoms with E-state index in [1.165, 1.54) is 44.2 Å². The maximum Gasteiger partial charge on any atom is 0.124 e. The molecule has 1 nitrogen and oxygen atoms in total. The van der Waals surface area contributed by atoms with E-state index < -0.39 is 0 Å². The molecule has 0 radical (unpaired) electrons. The number of ether oxygens (including phenoxy) is 1. The average molecular weight is 287 g/mol. The first kappa shape index (κ1) is 12.1. The van der Waals surface area contributed by atoms with Crippen molar-refractivity contribution in [1.82, 2.24) is 0 Å². The van der Waals surface area contributed by atoms with Gasteiger partial charge in [-0.2, -0.15) is 0 Å². The van der Waals surface area contributed by atoms with E-state index in [0.29, 0.717) is 12.7 Å². The molecule has 1 aromatic rings. The maximum absolute atomic E-state index is 12.9. The minimum Gasteiger partial charge on any atom is -0.374 e. The molecule has 0 N–H and O–H groups in total. The lowest BCUT2D eigenvalue weighted by molar-refractivity contribution is 0.0166. The highest BCUT2D eigenvalue weighted by Crippen LogP contribution is 2.24. The second-order valence-corrected chi connectivity index (χ2v) is 5.16. The molecule has 0 bridgehead atoms. The Hall–Kier alpha value is -0.410. The molecule has 0 amide bonds. The summed E-state index contributed by atoms with van der Waals surface area (Å²) in [5.74, 6) is -0.215. The number of benzene rings is 1. The van der Waals surface area contributed by atoms with E-state index >= 15 is 0 Å². The molecule has 1 aromatic carbocycles. The number of rotatable bonds is 3. The summed E-state index contributed by atoms with van der Waals surface area (Å²) in [6.45, 7) is 0.575. The minimum absolute atomic E-state index is 0.215. The van der Waals surface area contributed by atoms with E-state index in [-0.39, 0.29) is 5.82 Å². The van der Waals surface area contributed by atoms with Crippen molar-refractivity contribution in [3.63, 3.8) is 0 Å². The van der Waals surface area contributed by atoms with Gasteiger partial charge in [0.1, 0.15) is 5.82 Å². The molecular weight excluding hydrogens is 271 g/mol. The van der Waals surface area contributed by atoms with Gasteiger partial charge in [0.05, 0.1) is 12.7 Å². The third-order valence-corrected chi connectivity index (χ3v) is 3.78. The lowest BCUT2D eigenvalue weighted by Crippen LogP contribution is -2.16.